The van der Waals surface area contributed by atoms with E-state index in [1.807, 2.05) is 4.90 Å². The predicted octanol–water partition coefficient (Wildman–Crippen LogP) is 0.672. The number of carbonyl (C=O) groups excluding carboxylic acids is 2. The van der Waals surface area contributed by atoms with E-state index in [-0.39, 0.29) is 11.9 Å². The molecule has 1 aromatic heterocycles. The third kappa shape index (κ3) is 3.66. The number of likely N-dealkylation sites (tertiary alicyclic amines) is 1. The number of hydrogen-bond donors (Lipinski definition) is 2. The van der Waals surface area contributed by atoms with Crippen molar-refractivity contribution in [3.8, 4) is 0 Å². The van der Waals surface area contributed by atoms with Crippen LogP contribution in [0.25, 0.3) is 0 Å². The maximum Gasteiger partial charge on any atom is 0.321 e. The summed E-state index contributed by atoms with van der Waals surface area (Å²) in [6, 6.07) is -0.360. The molecule has 0 aromatic carbocycles. The number of urea groups is 1. The van der Waals surface area contributed by atoms with Gasteiger partial charge in [0, 0.05) is 26.1 Å². The van der Waals surface area contributed by atoms with Gasteiger partial charge in [-0.05, 0) is 12.8 Å². The van der Waals surface area contributed by atoms with Crippen LogP contribution in [0.5, 0.6) is 0 Å². The minimum absolute atomic E-state index is 0.101. The fraction of sp³-hybridized carbons (Fsp3) is 0.600. The van der Waals surface area contributed by atoms with Crippen molar-refractivity contribution in [3.05, 3.63) is 5.51 Å². The van der Waals surface area contributed by atoms with E-state index in [9.17, 15) is 9.59 Å². The van der Waals surface area contributed by atoms with Gasteiger partial charge in [0.1, 0.15) is 5.51 Å². The van der Waals surface area contributed by atoms with Crippen LogP contribution in [-0.2, 0) is 4.79 Å². The van der Waals surface area contributed by atoms with Gasteiger partial charge in [-0.15, -0.1) is 10.2 Å². The van der Waals surface area contributed by atoms with Crippen LogP contribution in [0.1, 0.15) is 19.3 Å². The Morgan fingerprint density at radius 1 is 1.39 bits per heavy atom. The SMILES string of the molecule is O=C(NCCC(=O)N1CCCC1)Nc1nncs1. The maximum atomic E-state index is 11.7. The molecule has 0 unspecified atom stereocenters. The zero-order chi connectivity index (χ0) is 12.8. The summed E-state index contributed by atoms with van der Waals surface area (Å²) in [5, 5.41) is 12.9. The Bertz CT molecular complexity index is 402. The van der Waals surface area contributed by atoms with Crippen LogP contribution in [-0.4, -0.2) is 46.7 Å². The highest BCUT2D eigenvalue weighted by molar-refractivity contribution is 7.13. The molecule has 1 aliphatic rings. The lowest BCUT2D eigenvalue weighted by atomic mass is 10.3. The molecule has 1 fully saturated rings. The number of carbonyl (C=O) groups is 2. The lowest BCUT2D eigenvalue weighted by molar-refractivity contribution is -0.129. The highest BCUT2D eigenvalue weighted by Crippen LogP contribution is 2.09. The van der Waals surface area contributed by atoms with E-state index < -0.39 is 0 Å². The molecule has 2 N–H and O–H groups in total. The molecule has 1 aromatic rings. The molecule has 7 nitrogen and oxygen atoms in total. The van der Waals surface area contributed by atoms with Gasteiger partial charge in [-0.2, -0.15) is 0 Å². The molecule has 0 atom stereocenters. The third-order valence-corrected chi connectivity index (χ3v) is 3.27. The van der Waals surface area contributed by atoms with Gasteiger partial charge >= 0.3 is 6.03 Å². The van der Waals surface area contributed by atoms with Crippen LogP contribution in [0.15, 0.2) is 5.51 Å². The monoisotopic (exact) mass is 269 g/mol. The van der Waals surface area contributed by atoms with Crippen molar-refractivity contribution in [3.63, 3.8) is 0 Å². The van der Waals surface area contributed by atoms with E-state index in [2.05, 4.69) is 20.8 Å². The lowest BCUT2D eigenvalue weighted by Gasteiger charge is -2.15. The van der Waals surface area contributed by atoms with Crippen molar-refractivity contribution in [1.82, 2.24) is 20.4 Å². The Morgan fingerprint density at radius 2 is 2.17 bits per heavy atom. The van der Waals surface area contributed by atoms with Crippen LogP contribution in [0.3, 0.4) is 0 Å². The molecule has 18 heavy (non-hydrogen) atoms. The summed E-state index contributed by atoms with van der Waals surface area (Å²) in [5.41, 5.74) is 1.53. The quantitative estimate of drug-likeness (QED) is 0.841. The Morgan fingerprint density at radius 3 is 2.83 bits per heavy atom. The van der Waals surface area contributed by atoms with E-state index in [1.165, 1.54) is 16.8 Å². The number of hydrogen-bond acceptors (Lipinski definition) is 5. The molecule has 0 aliphatic carbocycles. The van der Waals surface area contributed by atoms with Crippen LogP contribution >= 0.6 is 11.3 Å². The average molecular weight is 269 g/mol. The Labute approximate surface area is 109 Å². The standard InChI is InChI=1S/C10H15N5O2S/c16-8(15-5-1-2-6-15)3-4-11-9(17)13-10-14-12-7-18-10/h7H,1-6H2,(H2,11,13,14,17). The number of nitrogens with one attached hydrogen (secondary N) is 2. The largest absolute Gasteiger partial charge is 0.343 e. The zero-order valence-electron chi connectivity index (χ0n) is 9.89. The Hall–Kier alpha value is -1.70. The molecule has 3 amide bonds. The normalized spacial score (nSPS) is 14.6. The first kappa shape index (κ1) is 12.7. The van der Waals surface area contributed by atoms with E-state index in [0.717, 1.165) is 25.9 Å². The molecule has 1 saturated heterocycles. The molecule has 0 saturated carbocycles. The second kappa shape index (κ2) is 6.29. The van der Waals surface area contributed by atoms with Crippen LogP contribution in [0, 0.1) is 0 Å². The summed E-state index contributed by atoms with van der Waals surface area (Å²) in [4.78, 5) is 24.9. The van der Waals surface area contributed by atoms with Gasteiger partial charge < -0.3 is 10.2 Å². The molecule has 2 heterocycles. The molecule has 8 heteroatoms. The molecule has 98 valence electrons. The summed E-state index contributed by atoms with van der Waals surface area (Å²) >= 11 is 1.24. The number of amides is 3. The topological polar surface area (TPSA) is 87.2 Å². The first-order valence-corrected chi connectivity index (χ1v) is 6.72. The highest BCUT2D eigenvalue weighted by Gasteiger charge is 2.17. The highest BCUT2D eigenvalue weighted by atomic mass is 32.1. The van der Waals surface area contributed by atoms with Gasteiger partial charge in [0.05, 0.1) is 0 Å². The summed E-state index contributed by atoms with van der Waals surface area (Å²) < 4.78 is 0. The molecular weight excluding hydrogens is 254 g/mol. The van der Waals surface area contributed by atoms with Crippen molar-refractivity contribution in [2.45, 2.75) is 19.3 Å². The van der Waals surface area contributed by atoms with Crippen molar-refractivity contribution >= 4 is 28.4 Å². The summed E-state index contributed by atoms with van der Waals surface area (Å²) in [6.07, 6.45) is 2.50. The Kier molecular flexibility index (Phi) is 4.46. The van der Waals surface area contributed by atoms with Crippen molar-refractivity contribution in [1.29, 1.82) is 0 Å². The first-order valence-electron chi connectivity index (χ1n) is 5.84. The van der Waals surface area contributed by atoms with Gasteiger partial charge in [0.2, 0.25) is 11.0 Å². The first-order chi connectivity index (χ1) is 8.75. The van der Waals surface area contributed by atoms with E-state index >= 15 is 0 Å². The summed E-state index contributed by atoms with van der Waals surface area (Å²) in [7, 11) is 0. The molecule has 0 spiro atoms. The lowest BCUT2D eigenvalue weighted by Crippen LogP contribution is -2.34. The number of nitrogens with zero attached hydrogens (tertiary/aromatic N) is 3. The fourth-order valence-corrected chi connectivity index (χ4v) is 2.22. The van der Waals surface area contributed by atoms with E-state index in [0.29, 0.717) is 18.1 Å². The molecular formula is C10H15N5O2S. The Balaban J connectivity index is 1.62. The molecule has 0 bridgehead atoms. The van der Waals surface area contributed by atoms with Gasteiger partial charge in [-0.3, -0.25) is 10.1 Å². The van der Waals surface area contributed by atoms with Crippen molar-refractivity contribution in [2.24, 2.45) is 0 Å². The van der Waals surface area contributed by atoms with Gasteiger partial charge in [-0.25, -0.2) is 4.79 Å². The van der Waals surface area contributed by atoms with Gasteiger partial charge in [0.15, 0.2) is 0 Å². The second-order valence-electron chi connectivity index (χ2n) is 3.96. The molecule has 0 radical (unpaired) electrons. The van der Waals surface area contributed by atoms with Crippen LogP contribution in [0.2, 0.25) is 0 Å². The number of anilines is 1. The number of rotatable bonds is 4. The fourth-order valence-electron chi connectivity index (χ4n) is 1.78. The van der Waals surface area contributed by atoms with Crippen molar-refractivity contribution in [2.75, 3.05) is 25.0 Å². The molecule has 1 aliphatic heterocycles. The van der Waals surface area contributed by atoms with Gasteiger partial charge in [-0.1, -0.05) is 11.3 Å². The predicted molar refractivity (Wildman–Crippen MR) is 67.4 cm³/mol. The smallest absolute Gasteiger partial charge is 0.321 e. The minimum Gasteiger partial charge on any atom is -0.343 e. The summed E-state index contributed by atoms with van der Waals surface area (Å²) in [6.45, 7) is 2.02. The second-order valence-corrected chi connectivity index (χ2v) is 4.80. The molecule has 2 rings (SSSR count). The number of aromatic nitrogens is 2. The van der Waals surface area contributed by atoms with Gasteiger partial charge in [0.25, 0.3) is 0 Å². The van der Waals surface area contributed by atoms with E-state index in [1.54, 1.807) is 0 Å². The van der Waals surface area contributed by atoms with Crippen molar-refractivity contribution < 1.29 is 9.59 Å². The van der Waals surface area contributed by atoms with Crippen LogP contribution < -0.4 is 10.6 Å². The van der Waals surface area contributed by atoms with Crippen LogP contribution in [0.4, 0.5) is 9.93 Å². The summed E-state index contributed by atoms with van der Waals surface area (Å²) in [5.74, 6) is 0.101. The zero-order valence-corrected chi connectivity index (χ0v) is 10.7. The maximum absolute atomic E-state index is 11.7. The minimum atomic E-state index is -0.360. The van der Waals surface area contributed by atoms with E-state index in [4.69, 9.17) is 0 Å². The third-order valence-electron chi connectivity index (χ3n) is 2.66. The average Bonchev–Trinajstić information content (AvgIpc) is 3.00.